The maximum atomic E-state index is 12.1. The third kappa shape index (κ3) is 4.45. The molecule has 2 aromatic rings. The van der Waals surface area contributed by atoms with E-state index in [4.69, 9.17) is 0 Å². The standard InChI is InChI=1S/C17H20N4O3/c1-20(2)15-9-5-4-8-14(15)19-17(22)11-12-18-13-7-3-6-10-16(13)21(23)24/h3-10,18H,11-12H2,1-2H3,(H,19,22). The molecule has 0 bridgehead atoms. The Morgan fingerprint density at radius 3 is 2.38 bits per heavy atom. The molecule has 1 amide bonds. The van der Waals surface area contributed by atoms with E-state index in [-0.39, 0.29) is 18.0 Å². The molecule has 0 fully saturated rings. The zero-order valence-electron chi connectivity index (χ0n) is 13.7. The van der Waals surface area contributed by atoms with Crippen LogP contribution in [0.4, 0.5) is 22.7 Å². The lowest BCUT2D eigenvalue weighted by molar-refractivity contribution is -0.384. The number of carbonyl (C=O) groups excluding carboxylic acids is 1. The summed E-state index contributed by atoms with van der Waals surface area (Å²) < 4.78 is 0. The van der Waals surface area contributed by atoms with Crippen molar-refractivity contribution in [2.75, 3.05) is 36.2 Å². The molecule has 0 unspecified atom stereocenters. The fourth-order valence-electron chi connectivity index (χ4n) is 2.28. The molecule has 0 heterocycles. The number of nitrogens with one attached hydrogen (secondary N) is 2. The van der Waals surface area contributed by atoms with Crippen molar-refractivity contribution in [3.05, 3.63) is 58.6 Å². The molecule has 0 saturated heterocycles. The van der Waals surface area contributed by atoms with Crippen LogP contribution in [-0.2, 0) is 4.79 Å². The van der Waals surface area contributed by atoms with E-state index in [0.29, 0.717) is 12.2 Å². The first-order valence-corrected chi connectivity index (χ1v) is 7.52. The van der Waals surface area contributed by atoms with Gasteiger partial charge in [-0.25, -0.2) is 0 Å². The normalized spacial score (nSPS) is 10.1. The third-order valence-electron chi connectivity index (χ3n) is 3.43. The van der Waals surface area contributed by atoms with Crippen molar-refractivity contribution in [2.24, 2.45) is 0 Å². The van der Waals surface area contributed by atoms with E-state index in [0.717, 1.165) is 11.4 Å². The van der Waals surface area contributed by atoms with Gasteiger partial charge in [0.25, 0.3) is 5.69 Å². The second kappa shape index (κ2) is 7.96. The van der Waals surface area contributed by atoms with E-state index in [9.17, 15) is 14.9 Å². The maximum absolute atomic E-state index is 12.1. The van der Waals surface area contributed by atoms with E-state index in [1.807, 2.05) is 43.3 Å². The highest BCUT2D eigenvalue weighted by Gasteiger charge is 2.12. The number of nitrogens with zero attached hydrogens (tertiary/aromatic N) is 2. The van der Waals surface area contributed by atoms with Crippen LogP contribution in [0.3, 0.4) is 0 Å². The van der Waals surface area contributed by atoms with Gasteiger partial charge >= 0.3 is 0 Å². The van der Waals surface area contributed by atoms with Gasteiger partial charge in [-0.05, 0) is 18.2 Å². The van der Waals surface area contributed by atoms with Crippen molar-refractivity contribution < 1.29 is 9.72 Å². The number of rotatable bonds is 7. The maximum Gasteiger partial charge on any atom is 0.292 e. The van der Waals surface area contributed by atoms with Gasteiger partial charge in [-0.1, -0.05) is 24.3 Å². The lowest BCUT2D eigenvalue weighted by Gasteiger charge is -2.17. The lowest BCUT2D eigenvalue weighted by atomic mass is 10.2. The van der Waals surface area contributed by atoms with Gasteiger partial charge in [0.1, 0.15) is 5.69 Å². The zero-order valence-corrected chi connectivity index (χ0v) is 13.7. The summed E-state index contributed by atoms with van der Waals surface area (Å²) in [5.74, 6) is -0.157. The predicted molar refractivity (Wildman–Crippen MR) is 95.6 cm³/mol. The first kappa shape index (κ1) is 17.3. The van der Waals surface area contributed by atoms with Gasteiger partial charge in [0.15, 0.2) is 0 Å². The number of nitro groups is 1. The molecule has 7 nitrogen and oxygen atoms in total. The van der Waals surface area contributed by atoms with Crippen molar-refractivity contribution >= 4 is 28.7 Å². The molecule has 24 heavy (non-hydrogen) atoms. The Bertz CT molecular complexity index is 731. The minimum absolute atomic E-state index is 0.00383. The number of para-hydroxylation sites is 4. The highest BCUT2D eigenvalue weighted by atomic mass is 16.6. The van der Waals surface area contributed by atoms with Gasteiger partial charge in [-0.2, -0.15) is 0 Å². The predicted octanol–water partition coefficient (Wildman–Crippen LogP) is 3.10. The molecular formula is C17H20N4O3. The number of nitro benzene ring substituents is 1. The SMILES string of the molecule is CN(C)c1ccccc1NC(=O)CCNc1ccccc1[N+](=O)[O-]. The first-order chi connectivity index (χ1) is 11.5. The summed E-state index contributed by atoms with van der Waals surface area (Å²) in [6.45, 7) is 0.306. The van der Waals surface area contributed by atoms with Crippen molar-refractivity contribution in [1.29, 1.82) is 0 Å². The van der Waals surface area contributed by atoms with Gasteiger partial charge in [0, 0.05) is 33.1 Å². The second-order valence-corrected chi connectivity index (χ2v) is 5.41. The van der Waals surface area contributed by atoms with Crippen molar-refractivity contribution in [3.63, 3.8) is 0 Å². The molecular weight excluding hydrogens is 308 g/mol. The summed E-state index contributed by atoms with van der Waals surface area (Å²) in [6, 6.07) is 13.9. The van der Waals surface area contributed by atoms with Crippen LogP contribution in [0.15, 0.2) is 48.5 Å². The Kier molecular flexibility index (Phi) is 5.73. The first-order valence-electron chi connectivity index (χ1n) is 7.52. The summed E-state index contributed by atoms with van der Waals surface area (Å²) in [5, 5.41) is 16.7. The molecule has 0 aliphatic heterocycles. The van der Waals surface area contributed by atoms with Crippen LogP contribution in [-0.4, -0.2) is 31.5 Å². The van der Waals surface area contributed by atoms with E-state index >= 15 is 0 Å². The molecule has 0 atom stereocenters. The van der Waals surface area contributed by atoms with Crippen LogP contribution in [0.5, 0.6) is 0 Å². The average Bonchev–Trinajstić information content (AvgIpc) is 2.55. The van der Waals surface area contributed by atoms with Gasteiger partial charge in [-0.15, -0.1) is 0 Å². The largest absolute Gasteiger partial charge is 0.379 e. The molecule has 0 spiro atoms. The van der Waals surface area contributed by atoms with Crippen LogP contribution >= 0.6 is 0 Å². The summed E-state index contributed by atoms with van der Waals surface area (Å²) >= 11 is 0. The van der Waals surface area contributed by atoms with Crippen molar-refractivity contribution in [1.82, 2.24) is 0 Å². The van der Waals surface area contributed by atoms with E-state index < -0.39 is 4.92 Å². The second-order valence-electron chi connectivity index (χ2n) is 5.41. The van der Waals surface area contributed by atoms with Crippen LogP contribution in [0.1, 0.15) is 6.42 Å². The van der Waals surface area contributed by atoms with Gasteiger partial charge in [-0.3, -0.25) is 14.9 Å². The molecule has 0 aliphatic carbocycles. The smallest absolute Gasteiger partial charge is 0.292 e. The molecule has 7 heteroatoms. The number of hydrogen-bond acceptors (Lipinski definition) is 5. The Morgan fingerprint density at radius 2 is 1.71 bits per heavy atom. The lowest BCUT2D eigenvalue weighted by Crippen LogP contribution is -2.19. The van der Waals surface area contributed by atoms with Gasteiger partial charge < -0.3 is 15.5 Å². The van der Waals surface area contributed by atoms with E-state index in [1.54, 1.807) is 18.2 Å². The quantitative estimate of drug-likeness (QED) is 0.602. The number of anilines is 3. The Labute approximate surface area is 140 Å². The molecule has 2 aromatic carbocycles. The molecule has 126 valence electrons. The zero-order chi connectivity index (χ0) is 17.5. The summed E-state index contributed by atoms with van der Waals surface area (Å²) in [5.41, 5.74) is 2.05. The molecule has 2 rings (SSSR count). The highest BCUT2D eigenvalue weighted by Crippen LogP contribution is 2.24. The number of hydrogen-bond donors (Lipinski definition) is 2. The van der Waals surface area contributed by atoms with E-state index in [2.05, 4.69) is 10.6 Å². The fraction of sp³-hybridized carbons (Fsp3) is 0.235. The Morgan fingerprint density at radius 1 is 1.08 bits per heavy atom. The molecule has 0 aromatic heterocycles. The number of amides is 1. The summed E-state index contributed by atoms with van der Waals surface area (Å²) in [4.78, 5) is 24.5. The highest BCUT2D eigenvalue weighted by molar-refractivity contribution is 5.94. The Balaban J connectivity index is 1.92. The van der Waals surface area contributed by atoms with E-state index in [1.165, 1.54) is 6.07 Å². The van der Waals surface area contributed by atoms with Crippen LogP contribution in [0.2, 0.25) is 0 Å². The monoisotopic (exact) mass is 328 g/mol. The van der Waals surface area contributed by atoms with Crippen LogP contribution < -0.4 is 15.5 Å². The minimum Gasteiger partial charge on any atom is -0.379 e. The molecule has 2 N–H and O–H groups in total. The number of carbonyl (C=O) groups is 1. The topological polar surface area (TPSA) is 87.5 Å². The summed E-state index contributed by atoms with van der Waals surface area (Å²) in [6.07, 6.45) is 0.202. The minimum atomic E-state index is -0.449. The molecule has 0 radical (unpaired) electrons. The molecule has 0 aliphatic rings. The van der Waals surface area contributed by atoms with Gasteiger partial charge in [0.05, 0.1) is 16.3 Å². The van der Waals surface area contributed by atoms with Crippen LogP contribution in [0, 0.1) is 10.1 Å². The Hall–Kier alpha value is -3.09. The molecule has 0 saturated carbocycles. The average molecular weight is 328 g/mol. The van der Waals surface area contributed by atoms with Gasteiger partial charge in [0.2, 0.25) is 5.91 Å². The summed E-state index contributed by atoms with van der Waals surface area (Å²) in [7, 11) is 3.81. The number of benzene rings is 2. The van der Waals surface area contributed by atoms with Crippen LogP contribution in [0.25, 0.3) is 0 Å². The third-order valence-corrected chi connectivity index (χ3v) is 3.43. The van der Waals surface area contributed by atoms with Crippen molar-refractivity contribution in [3.8, 4) is 0 Å². The fourth-order valence-corrected chi connectivity index (χ4v) is 2.28. The van der Waals surface area contributed by atoms with Crippen molar-refractivity contribution in [2.45, 2.75) is 6.42 Å².